The summed E-state index contributed by atoms with van der Waals surface area (Å²) in [5.41, 5.74) is 2.96. The highest BCUT2D eigenvalue weighted by molar-refractivity contribution is 5.99. The second-order valence-electron chi connectivity index (χ2n) is 7.26. The molecule has 0 aromatic heterocycles. The van der Waals surface area contributed by atoms with Crippen LogP contribution in [-0.2, 0) is 0 Å². The lowest BCUT2D eigenvalue weighted by atomic mass is 9.76. The number of halogens is 1. The normalized spacial score (nSPS) is 12.7. The molecule has 0 aliphatic carbocycles. The SMILES string of the molecule is COc1cccc(C(c2ccccc2)C(CN(C)C)C(=O)c2ccccc2)c1.Cl. The van der Waals surface area contributed by atoms with Crippen LogP contribution >= 0.6 is 12.4 Å². The summed E-state index contributed by atoms with van der Waals surface area (Å²) in [5.74, 6) is 0.679. The van der Waals surface area contributed by atoms with Crippen LogP contribution in [0, 0.1) is 5.92 Å². The molecule has 0 radical (unpaired) electrons. The molecule has 0 amide bonds. The standard InChI is InChI=1S/C25H27NO2.ClH/c1-26(2)18-23(25(27)20-13-8-5-9-14-20)24(19-11-6-4-7-12-19)21-15-10-16-22(17-21)28-3;/h4-17,23-24H,18H2,1-3H3;1H. The summed E-state index contributed by atoms with van der Waals surface area (Å²) in [6.45, 7) is 0.657. The maximum absolute atomic E-state index is 13.6. The van der Waals surface area contributed by atoms with Crippen LogP contribution in [0.25, 0.3) is 0 Å². The van der Waals surface area contributed by atoms with Crippen LogP contribution < -0.4 is 4.74 Å². The Labute approximate surface area is 179 Å². The lowest BCUT2D eigenvalue weighted by Gasteiger charge is -2.30. The molecule has 3 aromatic rings. The van der Waals surface area contributed by atoms with Crippen molar-refractivity contribution in [2.75, 3.05) is 27.7 Å². The second-order valence-corrected chi connectivity index (χ2v) is 7.26. The van der Waals surface area contributed by atoms with Gasteiger partial charge in [-0.3, -0.25) is 4.79 Å². The maximum atomic E-state index is 13.6. The number of hydrogen-bond acceptors (Lipinski definition) is 3. The number of rotatable bonds is 8. The molecule has 0 bridgehead atoms. The quantitative estimate of drug-likeness (QED) is 0.472. The Kier molecular flexibility index (Phi) is 8.44. The zero-order chi connectivity index (χ0) is 19.9. The van der Waals surface area contributed by atoms with E-state index >= 15 is 0 Å². The van der Waals surface area contributed by atoms with Gasteiger partial charge in [0.05, 0.1) is 7.11 Å². The van der Waals surface area contributed by atoms with Crippen molar-refractivity contribution in [3.63, 3.8) is 0 Å². The van der Waals surface area contributed by atoms with Gasteiger partial charge in [-0.2, -0.15) is 0 Å². The van der Waals surface area contributed by atoms with Crippen LogP contribution in [0.3, 0.4) is 0 Å². The summed E-state index contributed by atoms with van der Waals surface area (Å²) < 4.78 is 5.45. The number of Topliss-reactive ketones (excluding diaryl/α,β-unsaturated/α-hetero) is 1. The molecule has 0 N–H and O–H groups in total. The van der Waals surface area contributed by atoms with Crippen molar-refractivity contribution in [2.24, 2.45) is 5.92 Å². The predicted octanol–water partition coefficient (Wildman–Crippen LogP) is 5.31. The van der Waals surface area contributed by atoms with Gasteiger partial charge < -0.3 is 9.64 Å². The smallest absolute Gasteiger partial charge is 0.168 e. The van der Waals surface area contributed by atoms with Crippen LogP contribution in [0.4, 0.5) is 0 Å². The van der Waals surface area contributed by atoms with Gasteiger partial charge in [-0.15, -0.1) is 12.4 Å². The first-order valence-electron chi connectivity index (χ1n) is 9.53. The van der Waals surface area contributed by atoms with Crippen molar-refractivity contribution in [2.45, 2.75) is 5.92 Å². The van der Waals surface area contributed by atoms with E-state index in [1.807, 2.05) is 80.8 Å². The van der Waals surface area contributed by atoms with Crippen molar-refractivity contribution in [1.29, 1.82) is 0 Å². The molecule has 0 heterocycles. The molecular weight excluding hydrogens is 382 g/mol. The van der Waals surface area contributed by atoms with Crippen LogP contribution in [0.15, 0.2) is 84.9 Å². The largest absolute Gasteiger partial charge is 0.497 e. The number of hydrogen-bond donors (Lipinski definition) is 0. The number of ketones is 1. The van der Waals surface area contributed by atoms with Crippen molar-refractivity contribution in [3.05, 3.63) is 102 Å². The molecule has 0 saturated carbocycles. The van der Waals surface area contributed by atoms with Gasteiger partial charge in [-0.05, 0) is 37.4 Å². The zero-order valence-electron chi connectivity index (χ0n) is 17.1. The molecule has 0 saturated heterocycles. The highest BCUT2D eigenvalue weighted by atomic mass is 35.5. The van der Waals surface area contributed by atoms with E-state index in [-0.39, 0.29) is 30.0 Å². The van der Waals surface area contributed by atoms with Gasteiger partial charge in [-0.1, -0.05) is 72.8 Å². The van der Waals surface area contributed by atoms with E-state index in [0.717, 1.165) is 22.4 Å². The third kappa shape index (κ3) is 5.69. The molecule has 152 valence electrons. The molecule has 0 spiro atoms. The molecular formula is C25H28ClNO2. The number of benzene rings is 3. The Morgan fingerprint density at radius 3 is 2.03 bits per heavy atom. The van der Waals surface area contributed by atoms with Crippen molar-refractivity contribution in [3.8, 4) is 5.75 Å². The summed E-state index contributed by atoms with van der Waals surface area (Å²) >= 11 is 0. The van der Waals surface area contributed by atoms with Crippen LogP contribution in [0.1, 0.15) is 27.4 Å². The Balaban J connectivity index is 0.00000300. The predicted molar refractivity (Wildman–Crippen MR) is 121 cm³/mol. The average Bonchev–Trinajstić information content (AvgIpc) is 2.74. The van der Waals surface area contributed by atoms with Crippen LogP contribution in [-0.4, -0.2) is 38.4 Å². The molecule has 2 unspecified atom stereocenters. The number of carbonyl (C=O) groups is 1. The van der Waals surface area contributed by atoms with E-state index < -0.39 is 0 Å². The molecule has 3 rings (SSSR count). The fourth-order valence-corrected chi connectivity index (χ4v) is 3.70. The Morgan fingerprint density at radius 1 is 0.862 bits per heavy atom. The number of carbonyl (C=O) groups excluding carboxylic acids is 1. The number of methoxy groups -OCH3 is 1. The van der Waals surface area contributed by atoms with Crippen molar-refractivity contribution in [1.82, 2.24) is 4.90 Å². The first-order valence-corrected chi connectivity index (χ1v) is 9.53. The molecule has 29 heavy (non-hydrogen) atoms. The van der Waals surface area contributed by atoms with Gasteiger partial charge in [0.2, 0.25) is 0 Å². The molecule has 3 nitrogen and oxygen atoms in total. The van der Waals surface area contributed by atoms with E-state index in [1.54, 1.807) is 7.11 Å². The highest BCUT2D eigenvalue weighted by Gasteiger charge is 2.32. The Hall–Kier alpha value is -2.62. The monoisotopic (exact) mass is 409 g/mol. The Morgan fingerprint density at radius 2 is 1.45 bits per heavy atom. The van der Waals surface area contributed by atoms with Crippen LogP contribution in [0.2, 0.25) is 0 Å². The summed E-state index contributed by atoms with van der Waals surface area (Å²) in [6, 6.07) is 27.9. The highest BCUT2D eigenvalue weighted by Crippen LogP contribution is 2.36. The van der Waals surface area contributed by atoms with E-state index in [1.165, 1.54) is 0 Å². The van der Waals surface area contributed by atoms with Crippen molar-refractivity contribution < 1.29 is 9.53 Å². The first kappa shape index (κ1) is 22.7. The lowest BCUT2D eigenvalue weighted by molar-refractivity contribution is 0.0883. The Bertz CT molecular complexity index is 897. The maximum Gasteiger partial charge on any atom is 0.168 e. The minimum absolute atomic E-state index is 0. The van der Waals surface area contributed by atoms with Gasteiger partial charge in [0, 0.05) is 23.9 Å². The minimum Gasteiger partial charge on any atom is -0.497 e. The fraction of sp³-hybridized carbons (Fsp3) is 0.240. The molecule has 0 aliphatic rings. The van der Waals surface area contributed by atoms with E-state index in [2.05, 4.69) is 23.1 Å². The van der Waals surface area contributed by atoms with Gasteiger partial charge >= 0.3 is 0 Å². The molecule has 0 fully saturated rings. The van der Waals surface area contributed by atoms with Gasteiger partial charge in [0.1, 0.15) is 5.75 Å². The summed E-state index contributed by atoms with van der Waals surface area (Å²) in [5, 5.41) is 0. The molecule has 3 aromatic carbocycles. The molecule has 2 atom stereocenters. The third-order valence-corrected chi connectivity index (χ3v) is 4.97. The van der Waals surface area contributed by atoms with Crippen LogP contribution in [0.5, 0.6) is 5.75 Å². The topological polar surface area (TPSA) is 29.5 Å². The average molecular weight is 410 g/mol. The number of ether oxygens (including phenoxy) is 1. The zero-order valence-corrected chi connectivity index (χ0v) is 17.9. The fourth-order valence-electron chi connectivity index (χ4n) is 3.70. The third-order valence-electron chi connectivity index (χ3n) is 4.97. The first-order chi connectivity index (χ1) is 13.6. The van der Waals surface area contributed by atoms with E-state index in [9.17, 15) is 4.79 Å². The van der Waals surface area contributed by atoms with E-state index in [4.69, 9.17) is 4.74 Å². The minimum atomic E-state index is -0.216. The lowest BCUT2D eigenvalue weighted by Crippen LogP contribution is -2.33. The summed E-state index contributed by atoms with van der Waals surface area (Å²) in [4.78, 5) is 15.6. The van der Waals surface area contributed by atoms with Crippen molar-refractivity contribution >= 4 is 18.2 Å². The second kappa shape index (κ2) is 10.8. The van der Waals surface area contributed by atoms with E-state index in [0.29, 0.717) is 6.54 Å². The van der Waals surface area contributed by atoms with Gasteiger partial charge in [0.15, 0.2) is 5.78 Å². The summed E-state index contributed by atoms with van der Waals surface area (Å²) in [7, 11) is 5.70. The molecule has 0 aliphatic heterocycles. The summed E-state index contributed by atoms with van der Waals surface area (Å²) in [6.07, 6.45) is 0. The van der Waals surface area contributed by atoms with Gasteiger partial charge in [-0.25, -0.2) is 0 Å². The molecule has 4 heteroatoms. The van der Waals surface area contributed by atoms with Gasteiger partial charge in [0.25, 0.3) is 0 Å². The number of nitrogens with zero attached hydrogens (tertiary/aromatic N) is 1.